The molecule has 1 saturated heterocycles. The van der Waals surface area contributed by atoms with Gasteiger partial charge in [0.1, 0.15) is 17.4 Å². The van der Waals surface area contributed by atoms with E-state index < -0.39 is 41.0 Å². The number of halogens is 1. The number of hydrogen-bond acceptors (Lipinski definition) is 8. The second kappa shape index (κ2) is 11.6. The van der Waals surface area contributed by atoms with E-state index in [1.54, 1.807) is 12.1 Å². The summed E-state index contributed by atoms with van der Waals surface area (Å²) in [7, 11) is 1.25. The number of amides is 1. The molecule has 3 aromatic rings. The first-order valence-electron chi connectivity index (χ1n) is 11.7. The van der Waals surface area contributed by atoms with Gasteiger partial charge in [0.2, 0.25) is 0 Å². The lowest BCUT2D eigenvalue weighted by molar-refractivity contribution is 0.0192. The number of carbonyl (C=O) groups excluding carboxylic acids is 3. The minimum Gasteiger partial charge on any atom is -0.507 e. The molecule has 4 rings (SSSR count). The number of methoxy groups -OCH3 is 1. The summed E-state index contributed by atoms with van der Waals surface area (Å²) in [6.45, 7) is 1.15. The predicted molar refractivity (Wildman–Crippen MR) is 131 cm³/mol. The Morgan fingerprint density at radius 3 is 2.43 bits per heavy atom. The first-order chi connectivity index (χ1) is 17.9. The summed E-state index contributed by atoms with van der Waals surface area (Å²) in [4.78, 5) is 42.3. The van der Waals surface area contributed by atoms with Crippen molar-refractivity contribution in [1.82, 2.24) is 15.6 Å². The van der Waals surface area contributed by atoms with Gasteiger partial charge in [-0.05, 0) is 55.8 Å². The molecule has 0 aliphatic carbocycles. The fourth-order valence-corrected chi connectivity index (χ4v) is 4.09. The number of nitrogens with zero attached hydrogens (tertiary/aromatic N) is 1. The lowest BCUT2D eigenvalue weighted by atomic mass is 10.00. The highest BCUT2D eigenvalue weighted by Crippen LogP contribution is 2.30. The fourth-order valence-electron chi connectivity index (χ4n) is 4.09. The largest absolute Gasteiger partial charge is 0.507 e. The van der Waals surface area contributed by atoms with Crippen LogP contribution in [0, 0.1) is 5.82 Å². The van der Waals surface area contributed by atoms with Gasteiger partial charge in [0, 0.05) is 30.1 Å². The highest BCUT2D eigenvalue weighted by atomic mass is 19.1. The maximum atomic E-state index is 14.6. The van der Waals surface area contributed by atoms with Gasteiger partial charge in [-0.3, -0.25) is 14.6 Å². The topological polar surface area (TPSA) is 127 Å². The molecule has 1 fully saturated rings. The van der Waals surface area contributed by atoms with Gasteiger partial charge in [0.05, 0.1) is 18.7 Å². The van der Waals surface area contributed by atoms with Crippen molar-refractivity contribution in [1.29, 1.82) is 0 Å². The van der Waals surface area contributed by atoms with Gasteiger partial charge in [-0.25, -0.2) is 9.18 Å². The number of phenolic OH excluding ortho intramolecular Hbond substituents is 1. The number of nitrogens with one attached hydrogen (secondary N) is 2. The molecule has 3 N–H and O–H groups in total. The van der Waals surface area contributed by atoms with Crippen molar-refractivity contribution < 1.29 is 33.4 Å². The predicted octanol–water partition coefficient (Wildman–Crippen LogP) is 2.87. The number of carbonyl (C=O) groups is 3. The average molecular weight is 508 g/mol. The Balaban J connectivity index is 1.47. The fraction of sp³-hybridized carbons (Fsp3) is 0.259. The molecule has 10 heteroatoms. The minimum absolute atomic E-state index is 0.0696. The van der Waals surface area contributed by atoms with Crippen LogP contribution in [0.3, 0.4) is 0 Å². The molecule has 1 aliphatic heterocycles. The Hall–Kier alpha value is -4.31. The molecule has 1 amide bonds. The molecule has 0 spiro atoms. The number of hydrogen-bond donors (Lipinski definition) is 3. The number of aromatic nitrogens is 1. The number of aromatic hydroxyl groups is 1. The summed E-state index contributed by atoms with van der Waals surface area (Å²) in [5.74, 6) is -3.35. The Kier molecular flexibility index (Phi) is 8.09. The third-order valence-corrected chi connectivity index (χ3v) is 6.09. The number of ether oxygens (including phenoxy) is 2. The summed E-state index contributed by atoms with van der Waals surface area (Å²) in [6.07, 6.45) is 3.78. The van der Waals surface area contributed by atoms with Crippen LogP contribution in [0.15, 0.2) is 60.9 Å². The van der Waals surface area contributed by atoms with Crippen molar-refractivity contribution in [3.63, 3.8) is 0 Å². The molecule has 0 radical (unpaired) electrons. The molecule has 37 heavy (non-hydrogen) atoms. The van der Waals surface area contributed by atoms with Crippen LogP contribution < -0.4 is 15.4 Å². The Morgan fingerprint density at radius 2 is 1.73 bits per heavy atom. The highest BCUT2D eigenvalue weighted by molar-refractivity contribution is 6.11. The SMILES string of the molecule is COc1ccc(O)c(C(=O)c2ccc(C(=O)OC3CCCNCC3NC(=O)c3ccncc3)cc2)c1F. The minimum atomic E-state index is -0.974. The van der Waals surface area contributed by atoms with Gasteiger partial charge in [0.15, 0.2) is 17.3 Å². The Labute approximate surface area is 212 Å². The summed E-state index contributed by atoms with van der Waals surface area (Å²) < 4.78 is 25.2. The molecular formula is C27H26FN3O6. The number of esters is 1. The molecule has 192 valence electrons. The zero-order valence-corrected chi connectivity index (χ0v) is 20.1. The average Bonchev–Trinajstić information content (AvgIpc) is 3.14. The first-order valence-corrected chi connectivity index (χ1v) is 11.7. The maximum Gasteiger partial charge on any atom is 0.338 e. The summed E-state index contributed by atoms with van der Waals surface area (Å²) in [5.41, 5.74) is 0.181. The van der Waals surface area contributed by atoms with Gasteiger partial charge in [-0.2, -0.15) is 0 Å². The third kappa shape index (κ3) is 5.92. The van der Waals surface area contributed by atoms with Crippen LogP contribution >= 0.6 is 0 Å². The van der Waals surface area contributed by atoms with Gasteiger partial charge in [-0.1, -0.05) is 12.1 Å². The van der Waals surface area contributed by atoms with Crippen molar-refractivity contribution in [2.45, 2.75) is 25.0 Å². The molecular weight excluding hydrogens is 481 g/mol. The second-order valence-electron chi connectivity index (χ2n) is 8.49. The zero-order valence-electron chi connectivity index (χ0n) is 20.1. The zero-order chi connectivity index (χ0) is 26.4. The molecule has 0 bridgehead atoms. The van der Waals surface area contributed by atoms with Crippen LogP contribution in [0.4, 0.5) is 4.39 Å². The van der Waals surface area contributed by atoms with Crippen LogP contribution in [0.1, 0.15) is 49.5 Å². The van der Waals surface area contributed by atoms with Crippen LogP contribution in [0.5, 0.6) is 11.5 Å². The van der Waals surface area contributed by atoms with Crippen LogP contribution in [0.2, 0.25) is 0 Å². The monoisotopic (exact) mass is 507 g/mol. The lowest BCUT2D eigenvalue weighted by Gasteiger charge is -2.26. The lowest BCUT2D eigenvalue weighted by Crippen LogP contribution is -2.49. The van der Waals surface area contributed by atoms with Crippen molar-refractivity contribution in [2.75, 3.05) is 20.2 Å². The number of phenols is 1. The summed E-state index contributed by atoms with van der Waals surface area (Å²) in [5, 5.41) is 16.2. The molecule has 0 saturated carbocycles. The second-order valence-corrected chi connectivity index (χ2v) is 8.49. The van der Waals surface area contributed by atoms with Gasteiger partial charge < -0.3 is 25.2 Å². The number of rotatable bonds is 7. The highest BCUT2D eigenvalue weighted by Gasteiger charge is 2.29. The Bertz CT molecular complexity index is 1280. The molecule has 2 atom stereocenters. The van der Waals surface area contributed by atoms with E-state index in [-0.39, 0.29) is 22.8 Å². The quantitative estimate of drug-likeness (QED) is 0.329. The van der Waals surface area contributed by atoms with Gasteiger partial charge in [0.25, 0.3) is 5.91 Å². The molecule has 2 heterocycles. The van der Waals surface area contributed by atoms with Gasteiger partial charge in [-0.15, -0.1) is 0 Å². The van der Waals surface area contributed by atoms with Crippen LogP contribution in [-0.4, -0.2) is 60.1 Å². The van der Waals surface area contributed by atoms with E-state index in [9.17, 15) is 23.9 Å². The number of benzene rings is 2. The van der Waals surface area contributed by atoms with Crippen LogP contribution in [0.25, 0.3) is 0 Å². The van der Waals surface area contributed by atoms with E-state index in [1.165, 1.54) is 55.9 Å². The molecule has 2 aromatic carbocycles. The molecule has 1 aliphatic rings. The van der Waals surface area contributed by atoms with Crippen molar-refractivity contribution in [3.8, 4) is 11.5 Å². The normalized spacial score (nSPS) is 17.4. The summed E-state index contributed by atoms with van der Waals surface area (Å²) >= 11 is 0. The number of pyridine rings is 1. The van der Waals surface area contributed by atoms with E-state index in [2.05, 4.69) is 15.6 Å². The summed E-state index contributed by atoms with van der Waals surface area (Å²) in [6, 6.07) is 10.6. The maximum absolute atomic E-state index is 14.6. The van der Waals surface area contributed by atoms with E-state index in [0.717, 1.165) is 13.0 Å². The van der Waals surface area contributed by atoms with Crippen molar-refractivity contribution >= 4 is 17.7 Å². The first kappa shape index (κ1) is 25.8. The van der Waals surface area contributed by atoms with Crippen LogP contribution in [-0.2, 0) is 4.74 Å². The number of ketones is 1. The Morgan fingerprint density at radius 1 is 1.03 bits per heavy atom. The standard InChI is InChI=1S/C27H26FN3O6/c1-36-22-9-8-20(32)23(24(22)28)25(33)16-4-6-18(7-5-16)27(35)37-21-3-2-12-30-15-19(21)31-26(34)17-10-13-29-14-11-17/h4-11,13-14,19,21,30,32H,2-3,12,15H2,1H3,(H,31,34). The third-order valence-electron chi connectivity index (χ3n) is 6.09. The van der Waals surface area contributed by atoms with E-state index >= 15 is 0 Å². The van der Waals surface area contributed by atoms with E-state index in [1.807, 2.05) is 0 Å². The molecule has 2 unspecified atom stereocenters. The van der Waals surface area contributed by atoms with E-state index in [4.69, 9.17) is 9.47 Å². The van der Waals surface area contributed by atoms with Crippen molar-refractivity contribution in [3.05, 3.63) is 89.0 Å². The molecule has 1 aromatic heterocycles. The molecule has 9 nitrogen and oxygen atoms in total. The van der Waals surface area contributed by atoms with E-state index in [0.29, 0.717) is 18.5 Å². The van der Waals surface area contributed by atoms with Gasteiger partial charge >= 0.3 is 5.97 Å². The smallest absolute Gasteiger partial charge is 0.338 e. The van der Waals surface area contributed by atoms with Crippen molar-refractivity contribution in [2.24, 2.45) is 0 Å².